The molecule has 0 spiro atoms. The van der Waals surface area contributed by atoms with Crippen LogP contribution in [0.25, 0.3) is 11.0 Å². The van der Waals surface area contributed by atoms with E-state index in [9.17, 15) is 14.7 Å². The number of rotatable bonds is 5. The standard InChI is InChI=1S/C24H28N2O6/c1-24(2,3)32-23(29)25-15-8-10-26(11-9-15)13-16-18(27)6-7-19-21(16)17(14-31-19)22(28)20-5-4-12-30-20/h4-7,12,14-15,27H,8-11,13H2,1-3H3,(H,25,29). The van der Waals surface area contributed by atoms with Gasteiger partial charge in [-0.25, -0.2) is 4.79 Å². The highest BCUT2D eigenvalue weighted by molar-refractivity contribution is 6.15. The van der Waals surface area contributed by atoms with E-state index in [1.807, 2.05) is 20.8 Å². The molecule has 3 aromatic rings. The third-order valence-electron chi connectivity index (χ3n) is 5.50. The molecule has 1 aliphatic rings. The molecule has 0 saturated carbocycles. The first-order chi connectivity index (χ1) is 15.2. The Balaban J connectivity index is 1.47. The number of hydrogen-bond donors (Lipinski definition) is 2. The normalized spacial score (nSPS) is 15.7. The number of alkyl carbamates (subject to hydrolysis) is 1. The molecule has 1 saturated heterocycles. The molecule has 3 heterocycles. The average molecular weight is 440 g/mol. The summed E-state index contributed by atoms with van der Waals surface area (Å²) in [6.07, 6.45) is 3.98. The Morgan fingerprint density at radius 2 is 1.94 bits per heavy atom. The summed E-state index contributed by atoms with van der Waals surface area (Å²) in [5.41, 5.74) is 1.01. The van der Waals surface area contributed by atoms with Crippen molar-refractivity contribution in [1.82, 2.24) is 10.2 Å². The zero-order chi connectivity index (χ0) is 22.9. The Hall–Kier alpha value is -3.26. The molecule has 0 unspecified atom stereocenters. The summed E-state index contributed by atoms with van der Waals surface area (Å²) in [5, 5.41) is 14.1. The molecule has 1 aliphatic heterocycles. The number of likely N-dealkylation sites (tertiary alicyclic amines) is 1. The Morgan fingerprint density at radius 1 is 1.19 bits per heavy atom. The number of nitrogens with zero attached hydrogens (tertiary/aromatic N) is 1. The van der Waals surface area contributed by atoms with Gasteiger partial charge in [-0.15, -0.1) is 0 Å². The van der Waals surface area contributed by atoms with E-state index in [0.29, 0.717) is 28.6 Å². The number of phenols is 1. The predicted molar refractivity (Wildman–Crippen MR) is 118 cm³/mol. The van der Waals surface area contributed by atoms with Crippen LogP contribution < -0.4 is 5.32 Å². The number of nitrogens with one attached hydrogen (secondary N) is 1. The van der Waals surface area contributed by atoms with E-state index >= 15 is 0 Å². The molecule has 1 aromatic carbocycles. The highest BCUT2D eigenvalue weighted by Crippen LogP contribution is 2.34. The number of ether oxygens (including phenoxy) is 1. The van der Waals surface area contributed by atoms with Crippen LogP contribution in [0.15, 0.2) is 45.6 Å². The summed E-state index contributed by atoms with van der Waals surface area (Å²) in [6.45, 7) is 7.43. The molecule has 1 fully saturated rings. The second-order valence-electron chi connectivity index (χ2n) is 9.09. The van der Waals surface area contributed by atoms with Crippen molar-refractivity contribution in [2.75, 3.05) is 13.1 Å². The van der Waals surface area contributed by atoms with Gasteiger partial charge in [0.1, 0.15) is 23.2 Å². The second-order valence-corrected chi connectivity index (χ2v) is 9.09. The minimum atomic E-state index is -0.531. The summed E-state index contributed by atoms with van der Waals surface area (Å²) >= 11 is 0. The van der Waals surface area contributed by atoms with E-state index in [1.54, 1.807) is 24.3 Å². The SMILES string of the molecule is CC(C)(C)OC(=O)NC1CCN(Cc2c(O)ccc3occ(C(=O)c4ccco4)c23)CC1. The van der Waals surface area contributed by atoms with Crippen molar-refractivity contribution in [2.24, 2.45) is 0 Å². The van der Waals surface area contributed by atoms with Gasteiger partial charge >= 0.3 is 6.09 Å². The minimum absolute atomic E-state index is 0.0375. The first kappa shape index (κ1) is 22.0. The first-order valence-corrected chi connectivity index (χ1v) is 10.7. The molecule has 4 rings (SSSR count). The summed E-state index contributed by atoms with van der Waals surface area (Å²) in [5.74, 6) is 0.0401. The molecular weight excluding hydrogens is 412 g/mol. The van der Waals surface area contributed by atoms with Crippen molar-refractivity contribution < 1.29 is 28.3 Å². The first-order valence-electron chi connectivity index (χ1n) is 10.7. The molecule has 8 heteroatoms. The highest BCUT2D eigenvalue weighted by Gasteiger charge is 2.26. The number of phenolic OH excluding ortho intramolecular Hbond substituents is 1. The highest BCUT2D eigenvalue weighted by atomic mass is 16.6. The van der Waals surface area contributed by atoms with Crippen molar-refractivity contribution >= 4 is 22.8 Å². The van der Waals surface area contributed by atoms with Gasteiger partial charge in [0, 0.05) is 36.6 Å². The number of aromatic hydroxyl groups is 1. The second kappa shape index (κ2) is 8.70. The van der Waals surface area contributed by atoms with E-state index < -0.39 is 11.7 Å². The van der Waals surface area contributed by atoms with E-state index in [0.717, 1.165) is 25.9 Å². The van der Waals surface area contributed by atoms with E-state index in [4.69, 9.17) is 13.6 Å². The van der Waals surface area contributed by atoms with Gasteiger partial charge < -0.3 is 24.0 Å². The lowest BCUT2D eigenvalue weighted by Gasteiger charge is -2.33. The molecule has 170 valence electrons. The Morgan fingerprint density at radius 3 is 2.59 bits per heavy atom. The molecular formula is C24H28N2O6. The average Bonchev–Trinajstić information content (AvgIpc) is 3.40. The number of carbonyl (C=O) groups is 2. The monoisotopic (exact) mass is 440 g/mol. The van der Waals surface area contributed by atoms with Gasteiger partial charge in [0.05, 0.1) is 11.8 Å². The van der Waals surface area contributed by atoms with Crippen molar-refractivity contribution in [3.8, 4) is 5.75 Å². The number of piperidine rings is 1. The number of ketones is 1. The van der Waals surface area contributed by atoms with Crippen LogP contribution in [0.1, 0.15) is 55.3 Å². The fraction of sp³-hybridized carbons (Fsp3) is 0.417. The third kappa shape index (κ3) is 4.80. The van der Waals surface area contributed by atoms with Crippen molar-refractivity contribution in [1.29, 1.82) is 0 Å². The molecule has 2 N–H and O–H groups in total. The van der Waals surface area contributed by atoms with Crippen LogP contribution in [0.3, 0.4) is 0 Å². The molecule has 32 heavy (non-hydrogen) atoms. The van der Waals surface area contributed by atoms with E-state index in [2.05, 4.69) is 10.2 Å². The Labute approximate surface area is 186 Å². The molecule has 2 aromatic heterocycles. The Kier molecular flexibility index (Phi) is 5.97. The fourth-order valence-electron chi connectivity index (χ4n) is 3.99. The molecule has 1 amide bonds. The number of furan rings is 2. The van der Waals surface area contributed by atoms with Crippen LogP contribution >= 0.6 is 0 Å². The fourth-order valence-corrected chi connectivity index (χ4v) is 3.99. The van der Waals surface area contributed by atoms with Crippen LogP contribution in [0.2, 0.25) is 0 Å². The van der Waals surface area contributed by atoms with Crippen molar-refractivity contribution in [3.05, 3.63) is 53.7 Å². The zero-order valence-corrected chi connectivity index (χ0v) is 18.5. The van der Waals surface area contributed by atoms with Crippen LogP contribution in [0.4, 0.5) is 4.79 Å². The van der Waals surface area contributed by atoms with E-state index in [-0.39, 0.29) is 23.3 Å². The molecule has 0 aliphatic carbocycles. The summed E-state index contributed by atoms with van der Waals surface area (Å²) in [6, 6.07) is 6.54. The number of fused-ring (bicyclic) bond motifs is 1. The van der Waals surface area contributed by atoms with Crippen LogP contribution in [-0.2, 0) is 11.3 Å². The van der Waals surface area contributed by atoms with Gasteiger partial charge in [-0.1, -0.05) is 0 Å². The third-order valence-corrected chi connectivity index (χ3v) is 5.50. The summed E-state index contributed by atoms with van der Waals surface area (Å²) in [7, 11) is 0. The molecule has 0 radical (unpaired) electrons. The minimum Gasteiger partial charge on any atom is -0.508 e. The van der Waals surface area contributed by atoms with Crippen LogP contribution in [0.5, 0.6) is 5.75 Å². The quantitative estimate of drug-likeness (QED) is 0.565. The van der Waals surface area contributed by atoms with Crippen molar-refractivity contribution in [3.63, 3.8) is 0 Å². The van der Waals surface area contributed by atoms with Crippen LogP contribution in [-0.4, -0.2) is 46.6 Å². The van der Waals surface area contributed by atoms with E-state index in [1.165, 1.54) is 12.5 Å². The maximum atomic E-state index is 12.9. The van der Waals surface area contributed by atoms with Gasteiger partial charge in [0.15, 0.2) is 5.76 Å². The number of amides is 1. The zero-order valence-electron chi connectivity index (χ0n) is 18.5. The summed E-state index contributed by atoms with van der Waals surface area (Å²) < 4.78 is 16.2. The van der Waals surface area contributed by atoms with Gasteiger partial charge in [0.25, 0.3) is 0 Å². The maximum Gasteiger partial charge on any atom is 0.407 e. The number of benzene rings is 1. The lowest BCUT2D eigenvalue weighted by atomic mass is 9.99. The van der Waals surface area contributed by atoms with Gasteiger partial charge in [-0.2, -0.15) is 0 Å². The number of carbonyl (C=O) groups excluding carboxylic acids is 2. The van der Waals surface area contributed by atoms with Gasteiger partial charge in [0.2, 0.25) is 5.78 Å². The molecule has 0 bridgehead atoms. The number of hydrogen-bond acceptors (Lipinski definition) is 7. The van der Waals surface area contributed by atoms with Crippen molar-refractivity contribution in [2.45, 2.75) is 51.8 Å². The largest absolute Gasteiger partial charge is 0.508 e. The lowest BCUT2D eigenvalue weighted by Crippen LogP contribution is -2.45. The lowest BCUT2D eigenvalue weighted by molar-refractivity contribution is 0.0477. The molecule has 8 nitrogen and oxygen atoms in total. The predicted octanol–water partition coefficient (Wildman–Crippen LogP) is 4.45. The van der Waals surface area contributed by atoms with Gasteiger partial charge in [-0.3, -0.25) is 9.69 Å². The smallest absolute Gasteiger partial charge is 0.407 e. The van der Waals surface area contributed by atoms with Crippen LogP contribution in [0, 0.1) is 0 Å². The molecule has 0 atom stereocenters. The topological polar surface area (TPSA) is 105 Å². The van der Waals surface area contributed by atoms with Gasteiger partial charge in [-0.05, 0) is 57.9 Å². The maximum absolute atomic E-state index is 12.9. The summed E-state index contributed by atoms with van der Waals surface area (Å²) in [4.78, 5) is 27.1. The Bertz CT molecular complexity index is 1100.